The maximum atomic E-state index is 11.7. The zero-order valence-electron chi connectivity index (χ0n) is 15.3. The number of likely N-dealkylation sites (tertiary alicyclic amines) is 1. The number of nitrogens with one attached hydrogen (secondary N) is 1. The van der Waals surface area contributed by atoms with Crippen molar-refractivity contribution in [2.45, 2.75) is 33.1 Å². The van der Waals surface area contributed by atoms with Crippen molar-refractivity contribution in [2.75, 3.05) is 18.4 Å². The normalized spacial score (nSPS) is 14.9. The van der Waals surface area contributed by atoms with E-state index in [9.17, 15) is 4.79 Å². The average molecular weight is 352 g/mol. The van der Waals surface area contributed by atoms with Crippen LogP contribution in [0.5, 0.6) is 0 Å². The van der Waals surface area contributed by atoms with Crippen LogP contribution in [-0.4, -0.2) is 43.8 Å². The van der Waals surface area contributed by atoms with Gasteiger partial charge < -0.3 is 10.2 Å². The van der Waals surface area contributed by atoms with E-state index in [1.165, 1.54) is 6.08 Å². The van der Waals surface area contributed by atoms with Crippen LogP contribution in [0.1, 0.15) is 29.9 Å². The fourth-order valence-corrected chi connectivity index (χ4v) is 3.26. The molecular formula is C19H24N6O. The minimum absolute atomic E-state index is 0.0189. The zero-order chi connectivity index (χ0) is 18.5. The number of carbonyl (C=O) groups is 1. The fraction of sp³-hybridized carbons (Fsp3) is 0.421. The summed E-state index contributed by atoms with van der Waals surface area (Å²) in [5.41, 5.74) is 2.81. The molecule has 136 valence electrons. The number of amides is 1. The molecule has 3 heterocycles. The van der Waals surface area contributed by atoms with Gasteiger partial charge in [0.05, 0.1) is 0 Å². The molecular weight excluding hydrogens is 328 g/mol. The summed E-state index contributed by atoms with van der Waals surface area (Å²) in [4.78, 5) is 30.9. The number of nitrogens with zero attached hydrogens (tertiary/aromatic N) is 5. The molecule has 7 nitrogen and oxygen atoms in total. The third-order valence-corrected chi connectivity index (χ3v) is 4.54. The number of aromatic nitrogens is 4. The number of hydrogen-bond acceptors (Lipinski definition) is 6. The Hall–Kier alpha value is -2.83. The predicted molar refractivity (Wildman–Crippen MR) is 100 cm³/mol. The Morgan fingerprint density at radius 2 is 1.92 bits per heavy atom. The minimum atomic E-state index is 0.0189. The van der Waals surface area contributed by atoms with Gasteiger partial charge in [0.15, 0.2) is 0 Å². The number of rotatable bonds is 5. The molecule has 2 aromatic heterocycles. The summed E-state index contributed by atoms with van der Waals surface area (Å²) in [7, 11) is 0. The molecule has 0 unspecified atom stereocenters. The van der Waals surface area contributed by atoms with Crippen LogP contribution < -0.4 is 5.32 Å². The van der Waals surface area contributed by atoms with Gasteiger partial charge in [-0.3, -0.25) is 4.79 Å². The van der Waals surface area contributed by atoms with Crippen LogP contribution in [-0.2, 0) is 11.2 Å². The highest BCUT2D eigenvalue weighted by Crippen LogP contribution is 2.22. The summed E-state index contributed by atoms with van der Waals surface area (Å²) < 4.78 is 0. The first-order valence-electron chi connectivity index (χ1n) is 8.85. The van der Waals surface area contributed by atoms with Crippen molar-refractivity contribution in [2.24, 2.45) is 5.92 Å². The van der Waals surface area contributed by atoms with E-state index in [1.54, 1.807) is 6.33 Å². The number of anilines is 2. The first kappa shape index (κ1) is 18.0. The summed E-state index contributed by atoms with van der Waals surface area (Å²) in [6, 6.07) is 3.88. The molecule has 1 amide bonds. The molecule has 0 radical (unpaired) electrons. The van der Waals surface area contributed by atoms with Crippen molar-refractivity contribution in [1.29, 1.82) is 0 Å². The lowest BCUT2D eigenvalue weighted by Gasteiger charge is -2.31. The second-order valence-corrected chi connectivity index (χ2v) is 6.67. The van der Waals surface area contributed by atoms with Gasteiger partial charge in [-0.05, 0) is 51.2 Å². The second kappa shape index (κ2) is 8.03. The molecule has 1 N–H and O–H groups in total. The Morgan fingerprint density at radius 1 is 1.23 bits per heavy atom. The molecule has 7 heteroatoms. The van der Waals surface area contributed by atoms with Crippen LogP contribution in [0, 0.1) is 19.8 Å². The third kappa shape index (κ3) is 4.62. The monoisotopic (exact) mass is 352 g/mol. The molecule has 26 heavy (non-hydrogen) atoms. The largest absolute Gasteiger partial charge is 0.339 e. The van der Waals surface area contributed by atoms with Crippen molar-refractivity contribution in [3.05, 3.63) is 48.2 Å². The van der Waals surface area contributed by atoms with E-state index in [0.717, 1.165) is 49.4 Å². The van der Waals surface area contributed by atoms with Crippen molar-refractivity contribution in [3.63, 3.8) is 0 Å². The van der Waals surface area contributed by atoms with E-state index in [1.807, 2.05) is 30.9 Å². The highest BCUT2D eigenvalue weighted by Gasteiger charge is 2.22. The average Bonchev–Trinajstić information content (AvgIpc) is 2.61. The van der Waals surface area contributed by atoms with E-state index >= 15 is 0 Å². The lowest BCUT2D eigenvalue weighted by molar-refractivity contribution is -0.127. The van der Waals surface area contributed by atoms with E-state index in [0.29, 0.717) is 17.7 Å². The quantitative estimate of drug-likeness (QED) is 0.833. The maximum absolute atomic E-state index is 11.7. The maximum Gasteiger partial charge on any atom is 0.245 e. The molecule has 1 saturated heterocycles. The van der Waals surface area contributed by atoms with Gasteiger partial charge in [-0.2, -0.15) is 0 Å². The van der Waals surface area contributed by atoms with Crippen LogP contribution in [0.4, 0.5) is 11.8 Å². The molecule has 0 atom stereocenters. The molecule has 1 aliphatic rings. The standard InChI is InChI=1S/C19H24N6O/c1-4-18(26)25-7-5-15(6-8-25)10-16-11-17(21-12-20-16)24-19-22-13(2)9-14(3)23-19/h4,9,11-12,15H,1,5-8,10H2,2-3H3,(H,20,21,22,23,24). The lowest BCUT2D eigenvalue weighted by atomic mass is 9.92. The summed E-state index contributed by atoms with van der Waals surface area (Å²) in [5.74, 6) is 1.78. The highest BCUT2D eigenvalue weighted by atomic mass is 16.2. The molecule has 2 aromatic rings. The van der Waals surface area contributed by atoms with Crippen LogP contribution in [0.25, 0.3) is 0 Å². The molecule has 1 aliphatic heterocycles. The Labute approximate surface area is 153 Å². The molecule has 0 aliphatic carbocycles. The minimum Gasteiger partial charge on any atom is -0.339 e. The SMILES string of the molecule is C=CC(=O)N1CCC(Cc2cc(Nc3nc(C)cc(C)n3)ncn2)CC1. The van der Waals surface area contributed by atoms with Gasteiger partial charge >= 0.3 is 0 Å². The van der Waals surface area contributed by atoms with Gasteiger partial charge in [-0.25, -0.2) is 19.9 Å². The number of hydrogen-bond donors (Lipinski definition) is 1. The molecule has 1 fully saturated rings. The Bertz CT molecular complexity index is 778. The van der Waals surface area contributed by atoms with E-state index in [-0.39, 0.29) is 5.91 Å². The zero-order valence-corrected chi connectivity index (χ0v) is 15.3. The van der Waals surface area contributed by atoms with Crippen molar-refractivity contribution in [3.8, 4) is 0 Å². The van der Waals surface area contributed by atoms with Crippen molar-refractivity contribution >= 4 is 17.7 Å². The van der Waals surface area contributed by atoms with E-state index < -0.39 is 0 Å². The van der Waals surface area contributed by atoms with E-state index in [2.05, 4.69) is 31.8 Å². The van der Waals surface area contributed by atoms with Gasteiger partial charge in [-0.1, -0.05) is 6.58 Å². The summed E-state index contributed by atoms with van der Waals surface area (Å²) in [5, 5.41) is 3.16. The third-order valence-electron chi connectivity index (χ3n) is 4.54. The lowest BCUT2D eigenvalue weighted by Crippen LogP contribution is -2.37. The summed E-state index contributed by atoms with van der Waals surface area (Å²) >= 11 is 0. The molecule has 0 aromatic carbocycles. The Morgan fingerprint density at radius 3 is 2.58 bits per heavy atom. The van der Waals surface area contributed by atoms with E-state index in [4.69, 9.17) is 0 Å². The first-order chi connectivity index (χ1) is 12.5. The number of piperidine rings is 1. The number of aryl methyl sites for hydroxylation is 2. The topological polar surface area (TPSA) is 83.9 Å². The summed E-state index contributed by atoms with van der Waals surface area (Å²) in [6.07, 6.45) is 5.79. The Kier molecular flexibility index (Phi) is 5.55. The second-order valence-electron chi connectivity index (χ2n) is 6.67. The van der Waals surface area contributed by atoms with Gasteiger partial charge in [0.25, 0.3) is 0 Å². The van der Waals surface area contributed by atoms with Gasteiger partial charge in [0, 0.05) is 36.2 Å². The van der Waals surface area contributed by atoms with Crippen molar-refractivity contribution in [1.82, 2.24) is 24.8 Å². The van der Waals surface area contributed by atoms with Gasteiger partial charge in [-0.15, -0.1) is 0 Å². The smallest absolute Gasteiger partial charge is 0.245 e. The van der Waals surface area contributed by atoms with Gasteiger partial charge in [0.2, 0.25) is 11.9 Å². The molecule has 0 saturated carbocycles. The van der Waals surface area contributed by atoms with Crippen LogP contribution >= 0.6 is 0 Å². The summed E-state index contributed by atoms with van der Waals surface area (Å²) in [6.45, 7) is 8.99. The van der Waals surface area contributed by atoms with Crippen molar-refractivity contribution < 1.29 is 4.79 Å². The van der Waals surface area contributed by atoms with Crippen LogP contribution in [0.3, 0.4) is 0 Å². The van der Waals surface area contributed by atoms with Crippen LogP contribution in [0.2, 0.25) is 0 Å². The highest BCUT2D eigenvalue weighted by molar-refractivity contribution is 5.87. The van der Waals surface area contributed by atoms with Crippen LogP contribution in [0.15, 0.2) is 31.1 Å². The molecule has 0 spiro atoms. The predicted octanol–water partition coefficient (Wildman–Crippen LogP) is 2.59. The molecule has 0 bridgehead atoms. The number of carbonyl (C=O) groups excluding carboxylic acids is 1. The Balaban J connectivity index is 1.61. The fourth-order valence-electron chi connectivity index (χ4n) is 3.26. The first-order valence-corrected chi connectivity index (χ1v) is 8.85. The van der Waals surface area contributed by atoms with Gasteiger partial charge in [0.1, 0.15) is 12.1 Å². The molecule has 3 rings (SSSR count).